The summed E-state index contributed by atoms with van der Waals surface area (Å²) in [5.41, 5.74) is 0.703. The zero-order valence-electron chi connectivity index (χ0n) is 10.2. The van der Waals surface area contributed by atoms with E-state index in [1.807, 2.05) is 0 Å². The van der Waals surface area contributed by atoms with E-state index in [0.717, 1.165) is 12.3 Å². The Hall–Kier alpha value is -1.84. The molecule has 0 spiro atoms. The Bertz CT molecular complexity index is 435. The van der Waals surface area contributed by atoms with Crippen molar-refractivity contribution in [3.63, 3.8) is 0 Å². The molecule has 2 rings (SSSR count). The van der Waals surface area contributed by atoms with Gasteiger partial charge in [0, 0.05) is 12.1 Å². The number of hydrogen-bond donors (Lipinski definition) is 2. The molecule has 1 aromatic rings. The van der Waals surface area contributed by atoms with Gasteiger partial charge in [-0.3, -0.25) is 4.79 Å². The Balaban J connectivity index is 1.82. The highest BCUT2D eigenvalue weighted by atomic mass is 16.4. The number of carboxylic acids is 1. The molecule has 0 bridgehead atoms. The Morgan fingerprint density at radius 3 is 2.28 bits per heavy atom. The molecular formula is C14H17NO3. The molecular weight excluding hydrogens is 230 g/mol. The molecule has 0 heterocycles. The molecule has 2 N–H and O–H groups in total. The lowest BCUT2D eigenvalue weighted by molar-refractivity contribution is 0.0696. The third-order valence-electron chi connectivity index (χ3n) is 3.46. The van der Waals surface area contributed by atoms with E-state index < -0.39 is 5.97 Å². The van der Waals surface area contributed by atoms with Gasteiger partial charge in [-0.2, -0.15) is 0 Å². The Labute approximate surface area is 106 Å². The fourth-order valence-electron chi connectivity index (χ4n) is 2.04. The summed E-state index contributed by atoms with van der Waals surface area (Å²) in [6, 6.07) is 5.98. The van der Waals surface area contributed by atoms with Crippen LogP contribution in [0.5, 0.6) is 0 Å². The maximum Gasteiger partial charge on any atom is 0.335 e. The number of rotatable bonds is 5. The van der Waals surface area contributed by atoms with Gasteiger partial charge < -0.3 is 10.4 Å². The van der Waals surface area contributed by atoms with Crippen molar-refractivity contribution in [1.29, 1.82) is 0 Å². The molecule has 4 heteroatoms. The lowest BCUT2D eigenvalue weighted by Crippen LogP contribution is -2.27. The number of hydrogen-bond acceptors (Lipinski definition) is 2. The zero-order valence-corrected chi connectivity index (χ0v) is 10.2. The molecule has 0 radical (unpaired) electrons. The van der Waals surface area contributed by atoms with Crippen LogP contribution in [0.3, 0.4) is 0 Å². The molecule has 1 aromatic carbocycles. The molecule has 18 heavy (non-hydrogen) atoms. The molecule has 96 valence electrons. The molecule has 1 aliphatic rings. The number of nitrogens with one attached hydrogen (secondary N) is 1. The second kappa shape index (κ2) is 5.67. The maximum absolute atomic E-state index is 11.8. The summed E-state index contributed by atoms with van der Waals surface area (Å²) in [5, 5.41) is 11.6. The second-order valence-corrected chi connectivity index (χ2v) is 4.72. The summed E-state index contributed by atoms with van der Waals surface area (Å²) < 4.78 is 0. The Morgan fingerprint density at radius 1 is 1.17 bits per heavy atom. The number of benzene rings is 1. The van der Waals surface area contributed by atoms with E-state index in [0.29, 0.717) is 12.1 Å². The van der Waals surface area contributed by atoms with E-state index in [9.17, 15) is 9.59 Å². The normalized spacial score (nSPS) is 14.9. The van der Waals surface area contributed by atoms with Crippen LogP contribution < -0.4 is 5.32 Å². The number of aromatic carboxylic acids is 1. The van der Waals surface area contributed by atoms with Crippen molar-refractivity contribution in [3.05, 3.63) is 35.4 Å². The topological polar surface area (TPSA) is 66.4 Å². The fraction of sp³-hybridized carbons (Fsp3) is 0.429. The van der Waals surface area contributed by atoms with Crippen molar-refractivity contribution in [2.24, 2.45) is 5.92 Å². The predicted molar refractivity (Wildman–Crippen MR) is 67.7 cm³/mol. The molecule has 0 atom stereocenters. The maximum atomic E-state index is 11.8. The van der Waals surface area contributed by atoms with Gasteiger partial charge >= 0.3 is 5.97 Å². The van der Waals surface area contributed by atoms with Gasteiger partial charge in [0.1, 0.15) is 0 Å². The first-order valence-corrected chi connectivity index (χ1v) is 6.28. The standard InChI is InChI=1S/C14H17NO3/c16-13(15-9-8-10-2-1-3-10)11-4-6-12(7-5-11)14(17)18/h4-7,10H,1-3,8-9H2,(H,15,16)(H,17,18). The molecule has 0 aromatic heterocycles. The Kier molecular flexibility index (Phi) is 3.97. The summed E-state index contributed by atoms with van der Waals surface area (Å²) in [6.45, 7) is 0.699. The first kappa shape index (κ1) is 12.6. The van der Waals surface area contributed by atoms with Gasteiger partial charge in [-0.1, -0.05) is 19.3 Å². The van der Waals surface area contributed by atoms with Crippen LogP contribution in [0, 0.1) is 5.92 Å². The van der Waals surface area contributed by atoms with E-state index in [4.69, 9.17) is 5.11 Å². The van der Waals surface area contributed by atoms with Crippen molar-refractivity contribution in [2.45, 2.75) is 25.7 Å². The zero-order chi connectivity index (χ0) is 13.0. The summed E-state index contributed by atoms with van der Waals surface area (Å²) >= 11 is 0. The molecule has 1 amide bonds. The summed E-state index contributed by atoms with van der Waals surface area (Å²) in [7, 11) is 0. The van der Waals surface area contributed by atoms with Gasteiger partial charge in [0.25, 0.3) is 5.91 Å². The quantitative estimate of drug-likeness (QED) is 0.839. The van der Waals surface area contributed by atoms with Crippen LogP contribution in [-0.4, -0.2) is 23.5 Å². The molecule has 1 aliphatic carbocycles. The van der Waals surface area contributed by atoms with Crippen LogP contribution >= 0.6 is 0 Å². The van der Waals surface area contributed by atoms with E-state index in [1.54, 1.807) is 12.1 Å². The molecule has 0 saturated heterocycles. The van der Waals surface area contributed by atoms with Crippen LogP contribution in [0.25, 0.3) is 0 Å². The van der Waals surface area contributed by atoms with Gasteiger partial charge in [-0.25, -0.2) is 4.79 Å². The largest absolute Gasteiger partial charge is 0.478 e. The lowest BCUT2D eigenvalue weighted by atomic mass is 9.83. The van der Waals surface area contributed by atoms with Crippen LogP contribution in [0.1, 0.15) is 46.4 Å². The minimum absolute atomic E-state index is 0.133. The third kappa shape index (κ3) is 3.09. The number of carbonyl (C=O) groups is 2. The minimum atomic E-state index is -0.980. The number of amides is 1. The lowest BCUT2D eigenvalue weighted by Gasteiger charge is -2.25. The predicted octanol–water partition coefficient (Wildman–Crippen LogP) is 2.30. The smallest absolute Gasteiger partial charge is 0.335 e. The molecule has 1 saturated carbocycles. The third-order valence-corrected chi connectivity index (χ3v) is 3.46. The van der Waals surface area contributed by atoms with E-state index in [2.05, 4.69) is 5.32 Å². The van der Waals surface area contributed by atoms with E-state index in [1.165, 1.54) is 31.4 Å². The second-order valence-electron chi connectivity index (χ2n) is 4.72. The fourth-order valence-corrected chi connectivity index (χ4v) is 2.04. The first-order chi connectivity index (χ1) is 8.66. The number of carbonyl (C=O) groups excluding carboxylic acids is 1. The number of carboxylic acid groups (broad SMARTS) is 1. The van der Waals surface area contributed by atoms with Gasteiger partial charge in [0.05, 0.1) is 5.56 Å². The molecule has 0 unspecified atom stereocenters. The van der Waals surface area contributed by atoms with E-state index >= 15 is 0 Å². The highest BCUT2D eigenvalue weighted by molar-refractivity contribution is 5.95. The molecule has 0 aliphatic heterocycles. The average molecular weight is 247 g/mol. The average Bonchev–Trinajstić information content (AvgIpc) is 2.32. The van der Waals surface area contributed by atoms with Crippen molar-refractivity contribution in [2.75, 3.05) is 6.54 Å². The van der Waals surface area contributed by atoms with Crippen LogP contribution in [0.2, 0.25) is 0 Å². The summed E-state index contributed by atoms with van der Waals surface area (Å²) in [5.74, 6) is -0.335. The van der Waals surface area contributed by atoms with Crippen LogP contribution in [0.4, 0.5) is 0 Å². The summed E-state index contributed by atoms with van der Waals surface area (Å²) in [4.78, 5) is 22.4. The van der Waals surface area contributed by atoms with Crippen LogP contribution in [-0.2, 0) is 0 Å². The molecule has 1 fully saturated rings. The SMILES string of the molecule is O=C(O)c1ccc(C(=O)NCCC2CCC2)cc1. The van der Waals surface area contributed by atoms with Gasteiger partial charge in [-0.05, 0) is 36.6 Å². The Morgan fingerprint density at radius 2 is 1.78 bits per heavy atom. The van der Waals surface area contributed by atoms with Crippen LogP contribution in [0.15, 0.2) is 24.3 Å². The monoisotopic (exact) mass is 247 g/mol. The summed E-state index contributed by atoms with van der Waals surface area (Å²) in [6.07, 6.45) is 4.92. The van der Waals surface area contributed by atoms with Crippen molar-refractivity contribution < 1.29 is 14.7 Å². The van der Waals surface area contributed by atoms with E-state index in [-0.39, 0.29) is 11.5 Å². The minimum Gasteiger partial charge on any atom is -0.478 e. The highest BCUT2D eigenvalue weighted by Crippen LogP contribution is 2.28. The first-order valence-electron chi connectivity index (χ1n) is 6.28. The molecule has 4 nitrogen and oxygen atoms in total. The highest BCUT2D eigenvalue weighted by Gasteiger charge is 2.17. The van der Waals surface area contributed by atoms with Gasteiger partial charge in [-0.15, -0.1) is 0 Å². The van der Waals surface area contributed by atoms with Crippen molar-refractivity contribution in [3.8, 4) is 0 Å². The van der Waals surface area contributed by atoms with Crippen molar-refractivity contribution >= 4 is 11.9 Å². The van der Waals surface area contributed by atoms with Crippen molar-refractivity contribution in [1.82, 2.24) is 5.32 Å². The van der Waals surface area contributed by atoms with Gasteiger partial charge in [0.2, 0.25) is 0 Å². The van der Waals surface area contributed by atoms with Gasteiger partial charge in [0.15, 0.2) is 0 Å².